The lowest BCUT2D eigenvalue weighted by Gasteiger charge is -2.27. The van der Waals surface area contributed by atoms with Crippen molar-refractivity contribution < 1.29 is 9.90 Å². The molecule has 0 aliphatic heterocycles. The van der Waals surface area contributed by atoms with E-state index in [0.717, 1.165) is 15.8 Å². The second-order valence-corrected chi connectivity index (χ2v) is 8.27. The molecule has 1 aromatic heterocycles. The first-order valence-electron chi connectivity index (χ1n) is 8.70. The predicted octanol–water partition coefficient (Wildman–Crippen LogP) is 4.90. The largest absolute Gasteiger partial charge is 0.510 e. The lowest BCUT2D eigenvalue weighted by molar-refractivity contribution is -0.115. The molecule has 1 amide bonds. The summed E-state index contributed by atoms with van der Waals surface area (Å²) in [6.07, 6.45) is 0.123. The molecule has 0 saturated carbocycles. The molecule has 5 nitrogen and oxygen atoms in total. The number of nitrogens with zero attached hydrogens (tertiary/aromatic N) is 3. The van der Waals surface area contributed by atoms with Crippen molar-refractivity contribution in [3.8, 4) is 6.07 Å². The summed E-state index contributed by atoms with van der Waals surface area (Å²) in [5.41, 5.74) is 2.02. The number of rotatable bonds is 5. The standard InChI is InChI=1S/C21H19N3O2S2/c1-13(2)24(15-8-9-17-19(11-15)28-21(27)23-17)20(26)16(12-22)18(25)10-14-6-4-3-5-7-14/h3-9,11,13,25H,10H2,1-2H3,(H,23,27). The molecule has 142 valence electrons. The van der Waals surface area contributed by atoms with E-state index in [1.807, 2.05) is 62.4 Å². The topological polar surface area (TPSA) is 77.2 Å². The number of carbonyl (C=O) groups excluding carboxylic acids is 1. The lowest BCUT2D eigenvalue weighted by Crippen LogP contribution is -2.38. The van der Waals surface area contributed by atoms with Gasteiger partial charge in [0.2, 0.25) is 0 Å². The van der Waals surface area contributed by atoms with Gasteiger partial charge in [-0.05, 0) is 37.6 Å². The number of amides is 1. The van der Waals surface area contributed by atoms with Crippen LogP contribution in [0.5, 0.6) is 0 Å². The molecule has 0 unspecified atom stereocenters. The maximum absolute atomic E-state index is 13.1. The van der Waals surface area contributed by atoms with Crippen LogP contribution in [-0.2, 0) is 11.2 Å². The SMILES string of the molecule is CC(C)N(C(=O)C(C#N)=C(O)Cc1ccccc1)c1ccc2nc(S)sc2c1. The summed E-state index contributed by atoms with van der Waals surface area (Å²) in [6.45, 7) is 3.73. The molecular formula is C21H19N3O2S2. The molecule has 28 heavy (non-hydrogen) atoms. The summed E-state index contributed by atoms with van der Waals surface area (Å²) in [6, 6.07) is 16.4. The Kier molecular flexibility index (Phi) is 6.02. The first kappa shape index (κ1) is 19.9. The van der Waals surface area contributed by atoms with Gasteiger partial charge >= 0.3 is 0 Å². The maximum atomic E-state index is 13.1. The number of thiazole rings is 1. The second-order valence-electron chi connectivity index (χ2n) is 6.51. The minimum absolute atomic E-state index is 0.123. The highest BCUT2D eigenvalue weighted by atomic mass is 32.2. The summed E-state index contributed by atoms with van der Waals surface area (Å²) in [7, 11) is 0. The van der Waals surface area contributed by atoms with Crippen LogP contribution in [0.2, 0.25) is 0 Å². The number of anilines is 1. The third-order valence-corrected chi connectivity index (χ3v) is 5.40. The number of nitriles is 1. The molecule has 0 aliphatic rings. The fourth-order valence-corrected chi connectivity index (χ4v) is 4.08. The van der Waals surface area contributed by atoms with Crippen molar-refractivity contribution >= 4 is 45.8 Å². The highest BCUT2D eigenvalue weighted by Crippen LogP contribution is 2.30. The monoisotopic (exact) mass is 409 g/mol. The molecule has 0 atom stereocenters. The molecule has 1 N–H and O–H groups in total. The number of hydrogen-bond donors (Lipinski definition) is 2. The normalized spacial score (nSPS) is 12.0. The summed E-state index contributed by atoms with van der Waals surface area (Å²) >= 11 is 5.69. The van der Waals surface area contributed by atoms with Gasteiger partial charge in [0.25, 0.3) is 5.91 Å². The Balaban J connectivity index is 1.98. The van der Waals surface area contributed by atoms with E-state index in [0.29, 0.717) is 10.0 Å². The highest BCUT2D eigenvalue weighted by molar-refractivity contribution is 7.82. The van der Waals surface area contributed by atoms with E-state index in [-0.39, 0.29) is 23.8 Å². The number of aliphatic hydroxyl groups excluding tert-OH is 1. The van der Waals surface area contributed by atoms with Gasteiger partial charge in [0, 0.05) is 18.2 Å². The van der Waals surface area contributed by atoms with Crippen LogP contribution in [0.4, 0.5) is 5.69 Å². The van der Waals surface area contributed by atoms with Gasteiger partial charge in [0.05, 0.1) is 10.2 Å². The molecule has 0 radical (unpaired) electrons. The third-order valence-electron chi connectivity index (χ3n) is 4.20. The van der Waals surface area contributed by atoms with Gasteiger partial charge in [0.1, 0.15) is 16.2 Å². The van der Waals surface area contributed by atoms with Gasteiger partial charge in [-0.2, -0.15) is 5.26 Å². The van der Waals surface area contributed by atoms with Crippen LogP contribution < -0.4 is 4.90 Å². The number of carbonyl (C=O) groups is 1. The van der Waals surface area contributed by atoms with Crippen LogP contribution in [0.15, 0.2) is 64.2 Å². The van der Waals surface area contributed by atoms with Crippen molar-refractivity contribution in [2.24, 2.45) is 0 Å². The van der Waals surface area contributed by atoms with Crippen LogP contribution in [0.3, 0.4) is 0 Å². The molecule has 0 bridgehead atoms. The molecule has 0 saturated heterocycles. The van der Waals surface area contributed by atoms with E-state index in [2.05, 4.69) is 17.6 Å². The lowest BCUT2D eigenvalue weighted by atomic mass is 10.1. The van der Waals surface area contributed by atoms with Gasteiger partial charge < -0.3 is 10.0 Å². The molecule has 1 heterocycles. The first-order valence-corrected chi connectivity index (χ1v) is 9.96. The van der Waals surface area contributed by atoms with Gasteiger partial charge in [-0.1, -0.05) is 30.3 Å². The Morgan fingerprint density at radius 3 is 2.64 bits per heavy atom. The number of hydrogen-bond acceptors (Lipinski definition) is 6. The average Bonchev–Trinajstić information content (AvgIpc) is 3.02. The van der Waals surface area contributed by atoms with Crippen molar-refractivity contribution in [3.05, 3.63) is 65.4 Å². The second kappa shape index (κ2) is 8.46. The molecule has 3 rings (SSSR count). The van der Waals surface area contributed by atoms with E-state index in [4.69, 9.17) is 0 Å². The Hall–Kier alpha value is -2.82. The van der Waals surface area contributed by atoms with E-state index in [9.17, 15) is 15.2 Å². The number of aromatic nitrogens is 1. The minimum atomic E-state index is -0.527. The quantitative estimate of drug-likeness (QED) is 0.272. The number of allylic oxidation sites excluding steroid dienone is 1. The number of aliphatic hydroxyl groups is 1. The third kappa shape index (κ3) is 4.19. The summed E-state index contributed by atoms with van der Waals surface area (Å²) in [5.74, 6) is -0.762. The number of thiol groups is 1. The molecule has 7 heteroatoms. The van der Waals surface area contributed by atoms with Crippen molar-refractivity contribution in [3.63, 3.8) is 0 Å². The Morgan fingerprint density at radius 1 is 1.29 bits per heavy atom. The van der Waals surface area contributed by atoms with Crippen molar-refractivity contribution in [1.29, 1.82) is 5.26 Å². The van der Waals surface area contributed by atoms with Gasteiger partial charge in [0.15, 0.2) is 5.57 Å². The fourth-order valence-electron chi connectivity index (χ4n) is 2.93. The van der Waals surface area contributed by atoms with E-state index < -0.39 is 5.91 Å². The van der Waals surface area contributed by atoms with Gasteiger partial charge in [-0.25, -0.2) is 4.98 Å². The van der Waals surface area contributed by atoms with Crippen LogP contribution in [0.25, 0.3) is 10.2 Å². The van der Waals surface area contributed by atoms with Crippen LogP contribution in [0, 0.1) is 11.3 Å². The molecule has 0 aliphatic carbocycles. The minimum Gasteiger partial charge on any atom is -0.510 e. The zero-order chi connectivity index (χ0) is 20.3. The van der Waals surface area contributed by atoms with E-state index >= 15 is 0 Å². The van der Waals surface area contributed by atoms with Crippen molar-refractivity contribution in [1.82, 2.24) is 4.98 Å². The maximum Gasteiger partial charge on any atom is 0.272 e. The van der Waals surface area contributed by atoms with Gasteiger partial charge in [-0.3, -0.25) is 4.79 Å². The molecule has 3 aromatic rings. The Morgan fingerprint density at radius 2 is 2.00 bits per heavy atom. The zero-order valence-corrected chi connectivity index (χ0v) is 17.2. The summed E-state index contributed by atoms with van der Waals surface area (Å²) in [5, 5.41) is 20.0. The predicted molar refractivity (Wildman–Crippen MR) is 115 cm³/mol. The van der Waals surface area contributed by atoms with Crippen LogP contribution in [-0.4, -0.2) is 22.0 Å². The molecule has 0 fully saturated rings. The highest BCUT2D eigenvalue weighted by Gasteiger charge is 2.26. The first-order chi connectivity index (χ1) is 13.4. The number of fused-ring (bicyclic) bond motifs is 1. The fraction of sp³-hybridized carbons (Fsp3) is 0.190. The Labute approximate surface area is 173 Å². The summed E-state index contributed by atoms with van der Waals surface area (Å²) < 4.78 is 1.55. The average molecular weight is 410 g/mol. The molecule has 0 spiro atoms. The van der Waals surface area contributed by atoms with Crippen LogP contribution in [0.1, 0.15) is 19.4 Å². The molecular weight excluding hydrogens is 390 g/mol. The van der Waals surface area contributed by atoms with Crippen molar-refractivity contribution in [2.45, 2.75) is 30.6 Å². The smallest absolute Gasteiger partial charge is 0.272 e. The van der Waals surface area contributed by atoms with Crippen molar-refractivity contribution in [2.75, 3.05) is 4.90 Å². The molecule has 2 aromatic carbocycles. The zero-order valence-electron chi connectivity index (χ0n) is 15.5. The van der Waals surface area contributed by atoms with E-state index in [1.54, 1.807) is 6.07 Å². The number of benzene rings is 2. The summed E-state index contributed by atoms with van der Waals surface area (Å²) in [4.78, 5) is 19.0. The van der Waals surface area contributed by atoms with Gasteiger partial charge in [-0.15, -0.1) is 24.0 Å². The van der Waals surface area contributed by atoms with E-state index in [1.165, 1.54) is 16.2 Å². The Bertz CT molecular complexity index is 1080. The van der Waals surface area contributed by atoms with Crippen LogP contribution >= 0.6 is 24.0 Å².